The van der Waals surface area contributed by atoms with Crippen LogP contribution in [0.2, 0.25) is 0 Å². The molecule has 2 fully saturated rings. The lowest BCUT2D eigenvalue weighted by Gasteiger charge is -2.32. The molecule has 2 aromatic rings. The van der Waals surface area contributed by atoms with E-state index in [9.17, 15) is 14.4 Å². The van der Waals surface area contributed by atoms with E-state index in [1.165, 1.54) is 28.6 Å². The molecule has 1 saturated heterocycles. The maximum Gasteiger partial charge on any atom is 0.259 e. The molecule has 9 heteroatoms. The number of likely N-dealkylation sites (tertiary alicyclic amines) is 1. The van der Waals surface area contributed by atoms with E-state index < -0.39 is 0 Å². The smallest absolute Gasteiger partial charge is 0.259 e. The minimum absolute atomic E-state index is 0.0492. The summed E-state index contributed by atoms with van der Waals surface area (Å²) in [6.07, 6.45) is 8.21. The maximum absolute atomic E-state index is 12.7. The Morgan fingerprint density at radius 3 is 2.87 bits per heavy atom. The van der Waals surface area contributed by atoms with Crippen LogP contribution in [0.25, 0.3) is 10.2 Å². The first-order valence-corrected chi connectivity index (χ1v) is 13.2. The molecule has 0 aromatic carbocycles. The van der Waals surface area contributed by atoms with Gasteiger partial charge >= 0.3 is 0 Å². The Kier molecular flexibility index (Phi) is 6.05. The summed E-state index contributed by atoms with van der Waals surface area (Å²) < 4.78 is 0. The second-order valence-electron chi connectivity index (χ2n) is 8.86. The Morgan fingerprint density at radius 2 is 2.03 bits per heavy atom. The summed E-state index contributed by atoms with van der Waals surface area (Å²) >= 11 is 3.12. The summed E-state index contributed by atoms with van der Waals surface area (Å²) in [4.78, 5) is 49.2. The fraction of sp³-hybridized carbons (Fsp3) is 0.636. The first-order valence-electron chi connectivity index (χ1n) is 11.3. The van der Waals surface area contributed by atoms with Crippen molar-refractivity contribution < 1.29 is 9.59 Å². The van der Waals surface area contributed by atoms with Gasteiger partial charge in [0.2, 0.25) is 11.8 Å². The Labute approximate surface area is 189 Å². The number of hydrogen-bond donors (Lipinski definition) is 2. The van der Waals surface area contributed by atoms with Crippen LogP contribution < -0.4 is 10.9 Å². The third-order valence-electron chi connectivity index (χ3n) is 6.41. The van der Waals surface area contributed by atoms with Crippen molar-refractivity contribution in [3.05, 3.63) is 26.6 Å². The number of thioether (sulfide) groups is 1. The molecule has 1 atom stereocenters. The first kappa shape index (κ1) is 21.0. The monoisotopic (exact) mass is 460 g/mol. The number of aromatic amines is 1. The number of nitrogens with zero attached hydrogens (tertiary/aromatic N) is 2. The van der Waals surface area contributed by atoms with Crippen LogP contribution in [0.1, 0.15) is 54.8 Å². The zero-order valence-electron chi connectivity index (χ0n) is 17.6. The molecule has 31 heavy (non-hydrogen) atoms. The van der Waals surface area contributed by atoms with Crippen LogP contribution in [0.5, 0.6) is 0 Å². The Hall–Kier alpha value is -1.87. The average Bonchev–Trinajstić information content (AvgIpc) is 3.50. The highest BCUT2D eigenvalue weighted by atomic mass is 32.2. The van der Waals surface area contributed by atoms with E-state index in [0.717, 1.165) is 55.2 Å². The molecular formula is C22H28N4O3S2. The van der Waals surface area contributed by atoms with E-state index in [-0.39, 0.29) is 23.3 Å². The third-order valence-corrected chi connectivity index (χ3v) is 8.52. The van der Waals surface area contributed by atoms with E-state index in [4.69, 9.17) is 0 Å². The number of nitrogens with one attached hydrogen (secondary N) is 2. The number of aryl methyl sites for hydroxylation is 2. The number of fused-ring (bicyclic) bond motifs is 3. The molecule has 1 aliphatic heterocycles. The average molecular weight is 461 g/mol. The molecule has 1 unspecified atom stereocenters. The molecule has 166 valence electrons. The van der Waals surface area contributed by atoms with Gasteiger partial charge in [-0.3, -0.25) is 14.4 Å². The van der Waals surface area contributed by atoms with Gasteiger partial charge in [-0.05, 0) is 56.9 Å². The highest BCUT2D eigenvalue weighted by Gasteiger charge is 2.31. The number of carbonyl (C=O) groups is 2. The molecule has 0 bridgehead atoms. The minimum Gasteiger partial charge on any atom is -0.353 e. The number of aromatic nitrogens is 2. The van der Waals surface area contributed by atoms with Gasteiger partial charge < -0.3 is 15.2 Å². The second-order valence-corrected chi connectivity index (χ2v) is 10.9. The van der Waals surface area contributed by atoms with Crippen LogP contribution in [0.3, 0.4) is 0 Å². The molecule has 3 aliphatic rings. The van der Waals surface area contributed by atoms with Gasteiger partial charge in [0.05, 0.1) is 22.8 Å². The quantitative estimate of drug-likeness (QED) is 0.691. The van der Waals surface area contributed by atoms with Crippen LogP contribution in [0.15, 0.2) is 4.79 Å². The summed E-state index contributed by atoms with van der Waals surface area (Å²) in [7, 11) is 0. The molecule has 2 N–H and O–H groups in total. The third kappa shape index (κ3) is 4.67. The minimum atomic E-state index is -0.0893. The second kappa shape index (κ2) is 8.94. The molecule has 3 heterocycles. The topological polar surface area (TPSA) is 95.2 Å². The summed E-state index contributed by atoms with van der Waals surface area (Å²) in [5.74, 6) is 1.53. The molecule has 5 rings (SSSR count). The molecule has 0 spiro atoms. The van der Waals surface area contributed by atoms with Crippen LogP contribution in [-0.4, -0.2) is 51.6 Å². The van der Waals surface area contributed by atoms with Gasteiger partial charge in [-0.2, -0.15) is 0 Å². The number of amides is 2. The Morgan fingerprint density at radius 1 is 1.19 bits per heavy atom. The number of piperidine rings is 1. The van der Waals surface area contributed by atoms with Gasteiger partial charge in [0.25, 0.3) is 5.56 Å². The van der Waals surface area contributed by atoms with Gasteiger partial charge in [0.15, 0.2) is 0 Å². The van der Waals surface area contributed by atoms with E-state index in [1.54, 1.807) is 11.3 Å². The molecule has 7 nitrogen and oxygen atoms in total. The van der Waals surface area contributed by atoms with Crippen molar-refractivity contribution in [2.45, 2.75) is 63.2 Å². The fourth-order valence-electron chi connectivity index (χ4n) is 4.57. The van der Waals surface area contributed by atoms with Crippen LogP contribution in [0, 0.1) is 5.92 Å². The number of rotatable bonds is 6. The normalized spacial score (nSPS) is 21.2. The zero-order chi connectivity index (χ0) is 21.4. The van der Waals surface area contributed by atoms with Gasteiger partial charge in [0.1, 0.15) is 10.7 Å². The van der Waals surface area contributed by atoms with Crippen molar-refractivity contribution in [1.29, 1.82) is 0 Å². The Balaban J connectivity index is 1.17. The van der Waals surface area contributed by atoms with Crippen molar-refractivity contribution in [3.63, 3.8) is 0 Å². The van der Waals surface area contributed by atoms with Crippen molar-refractivity contribution in [2.24, 2.45) is 5.92 Å². The predicted octanol–water partition coefficient (Wildman–Crippen LogP) is 2.61. The van der Waals surface area contributed by atoms with Crippen molar-refractivity contribution in [2.75, 3.05) is 18.8 Å². The van der Waals surface area contributed by atoms with Gasteiger partial charge in [-0.15, -0.1) is 23.1 Å². The lowest BCUT2D eigenvalue weighted by Crippen LogP contribution is -2.46. The maximum atomic E-state index is 12.7. The molecular weight excluding hydrogens is 432 g/mol. The number of thiophene rings is 1. The highest BCUT2D eigenvalue weighted by molar-refractivity contribution is 7.99. The van der Waals surface area contributed by atoms with Gasteiger partial charge in [-0.25, -0.2) is 4.98 Å². The van der Waals surface area contributed by atoms with Gasteiger partial charge in [0, 0.05) is 24.0 Å². The zero-order valence-corrected chi connectivity index (χ0v) is 19.2. The van der Waals surface area contributed by atoms with E-state index in [1.807, 2.05) is 4.90 Å². The van der Waals surface area contributed by atoms with E-state index in [0.29, 0.717) is 36.5 Å². The molecule has 2 amide bonds. The molecule has 2 aromatic heterocycles. The van der Waals surface area contributed by atoms with Crippen LogP contribution >= 0.6 is 23.1 Å². The SMILES string of the molecule is O=C(NC1CC1)C1CCCN(C(=O)CSCc2nc3sc4c(c3c(=O)[nH]2)CCCC4)C1. The van der Waals surface area contributed by atoms with Crippen LogP contribution in [-0.2, 0) is 28.2 Å². The largest absolute Gasteiger partial charge is 0.353 e. The summed E-state index contributed by atoms with van der Waals surface area (Å²) in [5, 5.41) is 3.83. The highest BCUT2D eigenvalue weighted by Crippen LogP contribution is 2.33. The first-order chi connectivity index (χ1) is 15.1. The lowest BCUT2D eigenvalue weighted by molar-refractivity contribution is -0.133. The Bertz CT molecular complexity index is 1060. The van der Waals surface area contributed by atoms with E-state index >= 15 is 0 Å². The number of carbonyl (C=O) groups excluding carboxylic acids is 2. The summed E-state index contributed by atoms with van der Waals surface area (Å²) in [6.45, 7) is 1.23. The predicted molar refractivity (Wildman–Crippen MR) is 124 cm³/mol. The van der Waals surface area contributed by atoms with Crippen molar-refractivity contribution in [1.82, 2.24) is 20.2 Å². The van der Waals surface area contributed by atoms with Crippen molar-refractivity contribution in [3.8, 4) is 0 Å². The van der Waals surface area contributed by atoms with E-state index in [2.05, 4.69) is 15.3 Å². The van der Waals surface area contributed by atoms with Crippen LogP contribution in [0.4, 0.5) is 0 Å². The molecule has 1 saturated carbocycles. The summed E-state index contributed by atoms with van der Waals surface area (Å²) in [6, 6.07) is 0.357. The lowest BCUT2D eigenvalue weighted by atomic mass is 9.97. The number of H-pyrrole nitrogens is 1. The number of hydrogen-bond acceptors (Lipinski definition) is 6. The fourth-order valence-corrected chi connectivity index (χ4v) is 6.64. The summed E-state index contributed by atoms with van der Waals surface area (Å²) in [5.41, 5.74) is 1.15. The molecule has 0 radical (unpaired) electrons. The van der Waals surface area contributed by atoms with Crippen molar-refractivity contribution >= 4 is 45.1 Å². The standard InChI is InChI=1S/C22H28N4O3S2/c27-18(26-9-3-4-13(10-26)20(28)23-14-7-8-14)12-30-11-17-24-21(29)19-15-5-1-2-6-16(15)31-22(19)25-17/h13-14H,1-12H2,(H,23,28)(H,24,25,29). The molecule has 2 aliphatic carbocycles. The van der Waals surface area contributed by atoms with Gasteiger partial charge in [-0.1, -0.05) is 0 Å².